The summed E-state index contributed by atoms with van der Waals surface area (Å²) in [6, 6.07) is 6.98. The van der Waals surface area contributed by atoms with Gasteiger partial charge in [0.1, 0.15) is 11.6 Å². The summed E-state index contributed by atoms with van der Waals surface area (Å²) in [4.78, 5) is 45.4. The molecule has 0 unspecified atom stereocenters. The second-order valence-corrected chi connectivity index (χ2v) is 8.42. The van der Waals surface area contributed by atoms with Crippen molar-refractivity contribution in [2.75, 3.05) is 31.1 Å². The minimum atomic E-state index is -0.168. The zero-order valence-corrected chi connectivity index (χ0v) is 17.8. The van der Waals surface area contributed by atoms with Crippen molar-refractivity contribution in [1.82, 2.24) is 29.2 Å². The molecule has 1 aliphatic rings. The standard InChI is InChI=1S/C21H21N7O2S/c1-14-10-18(29)25-20(23-14)15-2-3-17(22-12-15)27-6-4-26(5-7-27)13-16-11-19(30)28-8-9-31-21(28)24-16/h2-3,8-12H,4-7,13H2,1H3,(H,23,25,29). The van der Waals surface area contributed by atoms with E-state index in [0.29, 0.717) is 18.1 Å². The normalized spacial score (nSPS) is 14.9. The van der Waals surface area contributed by atoms with E-state index in [4.69, 9.17) is 0 Å². The molecule has 1 aliphatic heterocycles. The van der Waals surface area contributed by atoms with Gasteiger partial charge in [0.05, 0.1) is 5.69 Å². The number of piperazine rings is 1. The fraction of sp³-hybridized carbons (Fsp3) is 0.286. The molecule has 0 saturated carbocycles. The number of nitrogens with zero attached hydrogens (tertiary/aromatic N) is 6. The first-order valence-corrected chi connectivity index (χ1v) is 10.9. The molecule has 0 radical (unpaired) electrons. The molecule has 1 saturated heterocycles. The molecular weight excluding hydrogens is 414 g/mol. The largest absolute Gasteiger partial charge is 0.354 e. The summed E-state index contributed by atoms with van der Waals surface area (Å²) in [7, 11) is 0. The molecule has 0 bridgehead atoms. The number of rotatable bonds is 4. The number of aromatic nitrogens is 5. The number of pyridine rings is 1. The summed E-state index contributed by atoms with van der Waals surface area (Å²) in [5.74, 6) is 1.43. The lowest BCUT2D eigenvalue weighted by Crippen LogP contribution is -2.46. The topological polar surface area (TPSA) is 99.5 Å². The molecule has 5 rings (SSSR count). The first-order chi connectivity index (χ1) is 15.0. The van der Waals surface area contributed by atoms with Gasteiger partial charge in [-0.3, -0.25) is 18.9 Å². The molecule has 4 aromatic rings. The third-order valence-corrected chi connectivity index (χ3v) is 6.09. The van der Waals surface area contributed by atoms with Crippen LogP contribution in [0.2, 0.25) is 0 Å². The Morgan fingerprint density at radius 1 is 1.10 bits per heavy atom. The number of anilines is 1. The summed E-state index contributed by atoms with van der Waals surface area (Å²) >= 11 is 1.47. The highest BCUT2D eigenvalue weighted by molar-refractivity contribution is 7.15. The third kappa shape index (κ3) is 4.12. The molecule has 31 heavy (non-hydrogen) atoms. The van der Waals surface area contributed by atoms with Crippen LogP contribution in [0.25, 0.3) is 16.3 Å². The van der Waals surface area contributed by atoms with Crippen LogP contribution in [0.4, 0.5) is 5.82 Å². The SMILES string of the molecule is Cc1cc(=O)[nH]c(-c2ccc(N3CCN(Cc4cc(=O)n5ccsc5n4)CC3)nc2)n1. The van der Waals surface area contributed by atoms with E-state index in [1.807, 2.05) is 17.5 Å². The molecule has 10 heteroatoms. The molecule has 0 aliphatic carbocycles. The van der Waals surface area contributed by atoms with Crippen LogP contribution in [-0.4, -0.2) is 55.4 Å². The van der Waals surface area contributed by atoms with Crippen molar-refractivity contribution in [3.8, 4) is 11.4 Å². The first-order valence-electron chi connectivity index (χ1n) is 10.0. The number of aryl methyl sites for hydroxylation is 1. The van der Waals surface area contributed by atoms with Gasteiger partial charge in [0.2, 0.25) is 0 Å². The first kappa shape index (κ1) is 19.6. The van der Waals surface area contributed by atoms with Crippen LogP contribution in [-0.2, 0) is 6.54 Å². The molecule has 1 N–H and O–H groups in total. The van der Waals surface area contributed by atoms with Crippen molar-refractivity contribution < 1.29 is 0 Å². The summed E-state index contributed by atoms with van der Waals surface area (Å²) in [6.45, 7) is 5.86. The Kier molecular flexibility index (Phi) is 5.08. The Morgan fingerprint density at radius 3 is 2.68 bits per heavy atom. The molecule has 1 fully saturated rings. The molecule has 5 heterocycles. The number of thiazole rings is 1. The Labute approximate surface area is 181 Å². The molecule has 0 spiro atoms. The van der Waals surface area contributed by atoms with Crippen molar-refractivity contribution in [2.45, 2.75) is 13.5 Å². The molecule has 0 atom stereocenters. The van der Waals surface area contributed by atoms with Crippen molar-refractivity contribution >= 4 is 22.1 Å². The number of H-pyrrole nitrogens is 1. The molecular formula is C21H21N7O2S. The zero-order valence-electron chi connectivity index (χ0n) is 17.0. The number of hydrogen-bond donors (Lipinski definition) is 1. The lowest BCUT2D eigenvalue weighted by molar-refractivity contribution is 0.246. The van der Waals surface area contributed by atoms with Crippen LogP contribution < -0.4 is 16.0 Å². The Hall–Kier alpha value is -3.37. The van der Waals surface area contributed by atoms with Crippen molar-refractivity contribution in [1.29, 1.82) is 0 Å². The smallest absolute Gasteiger partial charge is 0.258 e. The van der Waals surface area contributed by atoms with Gasteiger partial charge in [-0.1, -0.05) is 0 Å². The predicted octanol–water partition coefficient (Wildman–Crippen LogP) is 1.53. The highest BCUT2D eigenvalue weighted by Gasteiger charge is 2.19. The summed E-state index contributed by atoms with van der Waals surface area (Å²) in [5.41, 5.74) is 2.06. The minimum absolute atomic E-state index is 0.0337. The molecule has 4 aromatic heterocycles. The van der Waals surface area contributed by atoms with E-state index in [0.717, 1.165) is 48.2 Å². The Balaban J connectivity index is 1.23. The van der Waals surface area contributed by atoms with E-state index in [-0.39, 0.29) is 11.1 Å². The fourth-order valence-electron chi connectivity index (χ4n) is 3.76. The maximum Gasteiger partial charge on any atom is 0.258 e. The summed E-state index contributed by atoms with van der Waals surface area (Å²) in [5, 5.41) is 1.87. The van der Waals surface area contributed by atoms with Gasteiger partial charge in [-0.2, -0.15) is 0 Å². The van der Waals surface area contributed by atoms with E-state index in [1.165, 1.54) is 17.4 Å². The van der Waals surface area contributed by atoms with Gasteiger partial charge in [-0.15, -0.1) is 11.3 Å². The highest BCUT2D eigenvalue weighted by atomic mass is 32.1. The van der Waals surface area contributed by atoms with E-state index in [2.05, 4.69) is 29.7 Å². The summed E-state index contributed by atoms with van der Waals surface area (Å²) < 4.78 is 1.57. The van der Waals surface area contributed by atoms with E-state index in [1.54, 1.807) is 29.8 Å². The van der Waals surface area contributed by atoms with Gasteiger partial charge >= 0.3 is 0 Å². The number of hydrogen-bond acceptors (Lipinski definition) is 8. The van der Waals surface area contributed by atoms with Crippen LogP contribution in [0.1, 0.15) is 11.4 Å². The Morgan fingerprint density at radius 2 is 1.94 bits per heavy atom. The third-order valence-electron chi connectivity index (χ3n) is 5.33. The molecule has 158 valence electrons. The van der Waals surface area contributed by atoms with E-state index >= 15 is 0 Å². The molecule has 0 aromatic carbocycles. The maximum absolute atomic E-state index is 12.2. The second-order valence-electron chi connectivity index (χ2n) is 7.54. The monoisotopic (exact) mass is 435 g/mol. The van der Waals surface area contributed by atoms with Crippen LogP contribution in [0.3, 0.4) is 0 Å². The number of nitrogens with one attached hydrogen (secondary N) is 1. The summed E-state index contributed by atoms with van der Waals surface area (Å²) in [6.07, 6.45) is 3.50. The van der Waals surface area contributed by atoms with E-state index < -0.39 is 0 Å². The predicted molar refractivity (Wildman–Crippen MR) is 120 cm³/mol. The van der Waals surface area contributed by atoms with Gasteiger partial charge in [-0.05, 0) is 19.1 Å². The minimum Gasteiger partial charge on any atom is -0.354 e. The van der Waals surface area contributed by atoms with Crippen molar-refractivity contribution in [3.05, 3.63) is 74.1 Å². The van der Waals surface area contributed by atoms with Crippen LogP contribution in [0.5, 0.6) is 0 Å². The lowest BCUT2D eigenvalue weighted by atomic mass is 10.2. The van der Waals surface area contributed by atoms with Gasteiger partial charge in [0.15, 0.2) is 4.96 Å². The fourth-order valence-corrected chi connectivity index (χ4v) is 4.50. The van der Waals surface area contributed by atoms with Crippen LogP contribution >= 0.6 is 11.3 Å². The Bertz CT molecular complexity index is 1330. The van der Waals surface area contributed by atoms with Crippen LogP contribution in [0.15, 0.2) is 51.6 Å². The van der Waals surface area contributed by atoms with Crippen LogP contribution in [0, 0.1) is 6.92 Å². The maximum atomic E-state index is 12.2. The van der Waals surface area contributed by atoms with Gasteiger partial charge in [0.25, 0.3) is 11.1 Å². The average molecular weight is 436 g/mol. The second kappa shape index (κ2) is 8.05. The van der Waals surface area contributed by atoms with Crippen molar-refractivity contribution in [2.24, 2.45) is 0 Å². The number of aromatic amines is 1. The number of fused-ring (bicyclic) bond motifs is 1. The quantitative estimate of drug-likeness (QED) is 0.519. The van der Waals surface area contributed by atoms with Crippen molar-refractivity contribution in [3.63, 3.8) is 0 Å². The van der Waals surface area contributed by atoms with Gasteiger partial charge < -0.3 is 9.88 Å². The van der Waals surface area contributed by atoms with E-state index in [9.17, 15) is 9.59 Å². The molecule has 0 amide bonds. The zero-order chi connectivity index (χ0) is 21.4. The average Bonchev–Trinajstić information content (AvgIpc) is 3.23. The van der Waals surface area contributed by atoms with Gasteiger partial charge in [-0.25, -0.2) is 15.0 Å². The highest BCUT2D eigenvalue weighted by Crippen LogP contribution is 2.19. The lowest BCUT2D eigenvalue weighted by Gasteiger charge is -2.35. The molecule has 9 nitrogen and oxygen atoms in total. The van der Waals surface area contributed by atoms with Gasteiger partial charge in [0, 0.05) is 73.9 Å².